The zero-order valence-corrected chi connectivity index (χ0v) is 18.3. The Kier molecular flexibility index (Phi) is 13.0. The molecular weight excluding hydrogens is 358 g/mol. The summed E-state index contributed by atoms with van der Waals surface area (Å²) >= 11 is 0. The largest absolute Gasteiger partial charge is 0.445 e. The van der Waals surface area contributed by atoms with Gasteiger partial charge in [-0.3, -0.25) is 9.59 Å². The van der Waals surface area contributed by atoms with Gasteiger partial charge < -0.3 is 20.7 Å². The second-order valence-electron chi connectivity index (χ2n) is 8.38. The SMILES string of the molecule is C=CCOC(=O)N[C@@H](CC(C)C)C(=O)NC(CC(C)C)C(=O)NCCC(C)C. The van der Waals surface area contributed by atoms with Crippen LogP contribution in [-0.2, 0) is 14.3 Å². The second-order valence-corrected chi connectivity index (χ2v) is 8.38. The van der Waals surface area contributed by atoms with E-state index >= 15 is 0 Å². The molecule has 0 saturated carbocycles. The summed E-state index contributed by atoms with van der Waals surface area (Å²) in [6.07, 6.45) is 2.62. The summed E-state index contributed by atoms with van der Waals surface area (Å²) in [7, 11) is 0. The van der Waals surface area contributed by atoms with E-state index in [9.17, 15) is 14.4 Å². The number of ether oxygens (including phenoxy) is 1. The van der Waals surface area contributed by atoms with Gasteiger partial charge in [-0.1, -0.05) is 54.2 Å². The highest BCUT2D eigenvalue weighted by atomic mass is 16.5. The maximum absolute atomic E-state index is 12.8. The number of carbonyl (C=O) groups excluding carboxylic acids is 3. The Morgan fingerprint density at radius 3 is 1.86 bits per heavy atom. The highest BCUT2D eigenvalue weighted by molar-refractivity contribution is 5.91. The lowest BCUT2D eigenvalue weighted by atomic mass is 10.00. The first-order chi connectivity index (χ1) is 13.1. The van der Waals surface area contributed by atoms with Crippen molar-refractivity contribution >= 4 is 17.9 Å². The molecule has 3 amide bonds. The van der Waals surface area contributed by atoms with Gasteiger partial charge in [-0.15, -0.1) is 0 Å². The normalized spacial score (nSPS) is 13.2. The number of rotatable bonds is 13. The van der Waals surface area contributed by atoms with Crippen molar-refractivity contribution in [2.24, 2.45) is 17.8 Å². The lowest BCUT2D eigenvalue weighted by Crippen LogP contribution is -2.54. The van der Waals surface area contributed by atoms with Crippen LogP contribution in [0.1, 0.15) is 60.8 Å². The number of carbonyl (C=O) groups is 3. The van der Waals surface area contributed by atoms with Gasteiger partial charge >= 0.3 is 6.09 Å². The first-order valence-corrected chi connectivity index (χ1v) is 10.2. The Hall–Kier alpha value is -2.05. The van der Waals surface area contributed by atoms with E-state index in [2.05, 4.69) is 36.4 Å². The molecule has 0 rings (SSSR count). The Morgan fingerprint density at radius 2 is 1.39 bits per heavy atom. The number of alkyl carbamates (subject to hydrolysis) is 1. The molecule has 7 heteroatoms. The molecule has 0 aliphatic carbocycles. The molecule has 0 bridgehead atoms. The van der Waals surface area contributed by atoms with Crippen LogP contribution in [0.15, 0.2) is 12.7 Å². The quantitative estimate of drug-likeness (QED) is 0.416. The molecule has 0 radical (unpaired) electrons. The zero-order chi connectivity index (χ0) is 21.7. The van der Waals surface area contributed by atoms with Crippen molar-refractivity contribution in [3.63, 3.8) is 0 Å². The van der Waals surface area contributed by atoms with E-state index in [0.29, 0.717) is 25.3 Å². The fourth-order valence-corrected chi connectivity index (χ4v) is 2.60. The topological polar surface area (TPSA) is 96.5 Å². The number of amides is 3. The molecule has 0 aromatic carbocycles. The molecule has 162 valence electrons. The first kappa shape index (κ1) is 26.0. The maximum atomic E-state index is 12.8. The van der Waals surface area contributed by atoms with E-state index in [-0.39, 0.29) is 30.3 Å². The van der Waals surface area contributed by atoms with Gasteiger partial charge in [0, 0.05) is 6.54 Å². The van der Waals surface area contributed by atoms with E-state index in [1.165, 1.54) is 6.08 Å². The maximum Gasteiger partial charge on any atom is 0.408 e. The average molecular weight is 398 g/mol. The van der Waals surface area contributed by atoms with Crippen molar-refractivity contribution in [2.75, 3.05) is 13.2 Å². The molecule has 0 aromatic heterocycles. The monoisotopic (exact) mass is 397 g/mol. The van der Waals surface area contributed by atoms with Crippen LogP contribution in [-0.4, -0.2) is 43.1 Å². The molecule has 0 fully saturated rings. The predicted octanol–water partition coefficient (Wildman–Crippen LogP) is 3.01. The fourth-order valence-electron chi connectivity index (χ4n) is 2.60. The van der Waals surface area contributed by atoms with Gasteiger partial charge in [0.15, 0.2) is 0 Å². The van der Waals surface area contributed by atoms with E-state index in [4.69, 9.17) is 4.74 Å². The third-order valence-electron chi connectivity index (χ3n) is 4.01. The van der Waals surface area contributed by atoms with Crippen LogP contribution in [0.25, 0.3) is 0 Å². The number of hydrogen-bond donors (Lipinski definition) is 3. The van der Waals surface area contributed by atoms with Crippen LogP contribution in [0.5, 0.6) is 0 Å². The number of nitrogens with one attached hydrogen (secondary N) is 3. The molecule has 0 aliphatic heterocycles. The van der Waals surface area contributed by atoms with Crippen molar-refractivity contribution < 1.29 is 19.1 Å². The molecule has 0 heterocycles. The first-order valence-electron chi connectivity index (χ1n) is 10.2. The molecule has 0 aromatic rings. The molecular formula is C21H39N3O4. The van der Waals surface area contributed by atoms with Gasteiger partial charge in [-0.05, 0) is 37.0 Å². The molecule has 28 heavy (non-hydrogen) atoms. The van der Waals surface area contributed by atoms with Gasteiger partial charge in [-0.25, -0.2) is 4.79 Å². The van der Waals surface area contributed by atoms with Crippen molar-refractivity contribution in [1.82, 2.24) is 16.0 Å². The van der Waals surface area contributed by atoms with Gasteiger partial charge in [0.2, 0.25) is 11.8 Å². The van der Waals surface area contributed by atoms with Crippen LogP contribution in [0, 0.1) is 17.8 Å². The lowest BCUT2D eigenvalue weighted by Gasteiger charge is -2.25. The third kappa shape index (κ3) is 12.4. The summed E-state index contributed by atoms with van der Waals surface area (Å²) < 4.78 is 4.92. The Labute approximate surface area is 170 Å². The summed E-state index contributed by atoms with van der Waals surface area (Å²) in [6.45, 7) is 16.2. The summed E-state index contributed by atoms with van der Waals surface area (Å²) in [5, 5.41) is 8.29. The molecule has 2 atom stereocenters. The predicted molar refractivity (Wildman–Crippen MR) is 112 cm³/mol. The third-order valence-corrected chi connectivity index (χ3v) is 4.01. The minimum absolute atomic E-state index is 0.0656. The summed E-state index contributed by atoms with van der Waals surface area (Å²) in [6, 6.07) is -1.41. The van der Waals surface area contributed by atoms with Crippen LogP contribution < -0.4 is 16.0 Å². The molecule has 7 nitrogen and oxygen atoms in total. The van der Waals surface area contributed by atoms with Gasteiger partial charge in [-0.2, -0.15) is 0 Å². The summed E-state index contributed by atoms with van der Waals surface area (Å²) in [5.41, 5.74) is 0. The molecule has 0 spiro atoms. The van der Waals surface area contributed by atoms with Crippen LogP contribution in [0.3, 0.4) is 0 Å². The van der Waals surface area contributed by atoms with E-state index in [0.717, 1.165) is 6.42 Å². The molecule has 3 N–H and O–H groups in total. The zero-order valence-electron chi connectivity index (χ0n) is 18.3. The van der Waals surface area contributed by atoms with Crippen LogP contribution >= 0.6 is 0 Å². The average Bonchev–Trinajstić information content (AvgIpc) is 2.57. The Balaban J connectivity index is 5.03. The molecule has 0 aliphatic rings. The summed E-state index contributed by atoms with van der Waals surface area (Å²) in [5.74, 6) is 0.322. The van der Waals surface area contributed by atoms with Crippen molar-refractivity contribution in [3.8, 4) is 0 Å². The van der Waals surface area contributed by atoms with Gasteiger partial charge in [0.25, 0.3) is 0 Å². The lowest BCUT2D eigenvalue weighted by molar-refractivity contribution is -0.130. The highest BCUT2D eigenvalue weighted by Crippen LogP contribution is 2.09. The second kappa shape index (κ2) is 14.0. The summed E-state index contributed by atoms with van der Waals surface area (Å²) in [4.78, 5) is 37.2. The number of hydrogen-bond acceptors (Lipinski definition) is 4. The van der Waals surface area contributed by atoms with Gasteiger partial charge in [0.05, 0.1) is 0 Å². The van der Waals surface area contributed by atoms with Crippen molar-refractivity contribution in [2.45, 2.75) is 72.9 Å². The van der Waals surface area contributed by atoms with Crippen LogP contribution in [0.2, 0.25) is 0 Å². The minimum Gasteiger partial charge on any atom is -0.445 e. The van der Waals surface area contributed by atoms with Crippen LogP contribution in [0.4, 0.5) is 4.79 Å². The smallest absolute Gasteiger partial charge is 0.408 e. The van der Waals surface area contributed by atoms with Crippen molar-refractivity contribution in [1.29, 1.82) is 0 Å². The highest BCUT2D eigenvalue weighted by Gasteiger charge is 2.28. The Morgan fingerprint density at radius 1 is 0.857 bits per heavy atom. The Bertz CT molecular complexity index is 504. The van der Waals surface area contributed by atoms with E-state index in [1.54, 1.807) is 0 Å². The minimum atomic E-state index is -0.768. The van der Waals surface area contributed by atoms with E-state index in [1.807, 2.05) is 27.7 Å². The molecule has 1 unspecified atom stereocenters. The standard InChI is InChI=1S/C21H39N3O4/c1-8-11-28-21(27)24-18(13-16(6)7)20(26)23-17(12-15(4)5)19(25)22-10-9-14(2)3/h8,14-18H,1,9-13H2,2-7H3,(H,22,25)(H,23,26)(H,24,27)/t17?,18-/m0/s1. The van der Waals surface area contributed by atoms with E-state index < -0.39 is 18.2 Å². The van der Waals surface area contributed by atoms with Gasteiger partial charge in [0.1, 0.15) is 18.7 Å². The van der Waals surface area contributed by atoms with Crippen molar-refractivity contribution in [3.05, 3.63) is 12.7 Å². The fraction of sp³-hybridized carbons (Fsp3) is 0.762. The molecule has 0 saturated heterocycles.